The summed E-state index contributed by atoms with van der Waals surface area (Å²) in [5.41, 5.74) is 2.89. The highest BCUT2D eigenvalue weighted by Gasteiger charge is 2.36. The summed E-state index contributed by atoms with van der Waals surface area (Å²) in [4.78, 5) is 47.1. The second-order valence-corrected chi connectivity index (χ2v) is 30.4. The summed E-state index contributed by atoms with van der Waals surface area (Å²) in [6.45, 7) is 8.13. The fraction of sp³-hybridized carbons (Fsp3) is 0.489. The van der Waals surface area contributed by atoms with Crippen molar-refractivity contribution < 1.29 is 62.8 Å². The molecule has 79 heavy (non-hydrogen) atoms. The number of benzene rings is 2. The zero-order valence-corrected chi connectivity index (χ0v) is 50.0. The van der Waals surface area contributed by atoms with Gasteiger partial charge in [0.25, 0.3) is 0 Å². The van der Waals surface area contributed by atoms with Crippen LogP contribution in [0.3, 0.4) is 0 Å². The number of amides is 3. The second kappa shape index (κ2) is 26.3. The lowest BCUT2D eigenvalue weighted by Gasteiger charge is -2.33. The lowest BCUT2D eigenvalue weighted by Crippen LogP contribution is -2.42. The molecule has 6 aromatic rings. The van der Waals surface area contributed by atoms with Gasteiger partial charge in [-0.2, -0.15) is 10.2 Å². The SMILES string of the molecule is CC(C)(C)OC(=O)N1CCC(n2cc(B(O)O)cn2)CC1.CS(=O)(=O)C(C(=O)NCCS(N)(=O)=O)c1nc2ccc(-c3cnn(C4CCNCC4)c3)cc2s1.CS(=O)(=O)C(C(=O)NCCS(N)(=O)=O)c1nc2ccc(Br)cc2s1. The highest BCUT2D eigenvalue weighted by atomic mass is 79.9. The molecular weight excluding hydrogens is 1220 g/mol. The number of carbonyl (C=O) groups excluding carboxylic acids is 3. The zero-order chi connectivity index (χ0) is 58.3. The van der Waals surface area contributed by atoms with Crippen molar-refractivity contribution in [2.24, 2.45) is 10.3 Å². The molecule has 0 saturated carbocycles. The molecule has 2 fully saturated rings. The molecule has 2 saturated heterocycles. The van der Waals surface area contributed by atoms with Crippen LogP contribution in [0, 0.1) is 0 Å². The molecular formula is C45H62BBrN12O14S6. The Hall–Kier alpha value is -5.01. The first-order valence-corrected chi connectivity index (χ1v) is 34.0. The number of hydrogen-bond donors (Lipinski definition) is 7. The van der Waals surface area contributed by atoms with Crippen molar-refractivity contribution >= 4 is 129 Å². The lowest BCUT2D eigenvalue weighted by molar-refractivity contribution is -0.121. The molecule has 8 rings (SSSR count). The van der Waals surface area contributed by atoms with E-state index in [2.05, 4.69) is 52.0 Å². The lowest BCUT2D eigenvalue weighted by atomic mass is 9.83. The molecule has 2 aliphatic rings. The molecule has 0 spiro atoms. The van der Waals surface area contributed by atoms with Gasteiger partial charge in [-0.05, 0) is 95.4 Å². The first-order valence-electron chi connectivity index (χ1n) is 24.3. The topological polar surface area (TPSA) is 390 Å². The Morgan fingerprint density at radius 1 is 0.747 bits per heavy atom. The molecule has 0 aliphatic carbocycles. The summed E-state index contributed by atoms with van der Waals surface area (Å²) in [7, 11) is -16.7. The van der Waals surface area contributed by atoms with Crippen molar-refractivity contribution in [3.8, 4) is 11.1 Å². The third kappa shape index (κ3) is 18.8. The van der Waals surface area contributed by atoms with E-state index in [9.17, 15) is 48.1 Å². The maximum atomic E-state index is 12.6. The van der Waals surface area contributed by atoms with Gasteiger partial charge in [0.05, 0.1) is 50.2 Å². The van der Waals surface area contributed by atoms with Gasteiger partial charge in [-0.1, -0.05) is 22.0 Å². The van der Waals surface area contributed by atoms with Crippen LogP contribution in [0.2, 0.25) is 0 Å². The van der Waals surface area contributed by atoms with E-state index in [1.54, 1.807) is 40.0 Å². The van der Waals surface area contributed by atoms with Crippen LogP contribution in [0.5, 0.6) is 0 Å². The molecule has 26 nitrogen and oxygen atoms in total. The predicted molar refractivity (Wildman–Crippen MR) is 305 cm³/mol. The van der Waals surface area contributed by atoms with Crippen LogP contribution in [0.4, 0.5) is 4.79 Å². The minimum Gasteiger partial charge on any atom is -0.444 e. The van der Waals surface area contributed by atoms with Crippen molar-refractivity contribution in [3.05, 3.63) is 75.7 Å². The number of hydrogen-bond acceptors (Lipinski definition) is 21. The fourth-order valence-electron chi connectivity index (χ4n) is 8.14. The predicted octanol–water partition coefficient (Wildman–Crippen LogP) is 1.26. The Balaban J connectivity index is 0.000000199. The molecule has 2 aliphatic heterocycles. The van der Waals surface area contributed by atoms with Crippen LogP contribution in [0.15, 0.2) is 65.7 Å². The van der Waals surface area contributed by atoms with Crippen molar-refractivity contribution in [2.75, 3.05) is 63.3 Å². The number of nitrogens with one attached hydrogen (secondary N) is 3. The van der Waals surface area contributed by atoms with Gasteiger partial charge >= 0.3 is 13.2 Å². The number of ether oxygens (including phenoxy) is 1. The van der Waals surface area contributed by atoms with Crippen LogP contribution >= 0.6 is 38.6 Å². The standard InChI is InChI=1S/C20H26N6O5S3.C13H22BN3O4.C12H14BrN3O5S3/c1-33(28,29)18(19(27)23-8-9-34(21,30)31)20-25-16-3-2-13(10-17(16)32-20)14-11-24-26(12-14)15-4-6-22-7-5-15;1-13(2,3)21-12(18)16-6-4-11(5-7-16)17-9-10(8-15-17)14(19)20;1-23(18,19)10(11(17)15-4-5-24(14,20)21)12-16-8-3-2-7(13)6-9(8)22-12/h2-3,10-12,15,18,22H,4-9H2,1H3,(H,23,27)(H2,21,30,31);8-9,11,19-20H,4-7H2,1-3H3;2-3,6,10H,4-5H2,1H3,(H,15,17)(H2,14,20,21). The fourth-order valence-corrected chi connectivity index (χ4v) is 14.5. The molecule has 3 amide bonds. The number of halogens is 1. The third-order valence-corrected chi connectivity index (χ3v) is 19.0. The molecule has 2 unspecified atom stereocenters. The van der Waals surface area contributed by atoms with Gasteiger partial charge < -0.3 is 35.6 Å². The van der Waals surface area contributed by atoms with E-state index in [0.29, 0.717) is 35.6 Å². The van der Waals surface area contributed by atoms with E-state index in [1.165, 1.54) is 6.20 Å². The quantitative estimate of drug-likeness (QED) is 0.0671. The zero-order valence-electron chi connectivity index (χ0n) is 43.6. The molecule has 9 N–H and O–H groups in total. The van der Waals surface area contributed by atoms with E-state index < -0.39 is 86.3 Å². The van der Waals surface area contributed by atoms with Crippen LogP contribution in [-0.2, 0) is 54.0 Å². The smallest absolute Gasteiger partial charge is 0.444 e. The highest BCUT2D eigenvalue weighted by Crippen LogP contribution is 2.35. The van der Waals surface area contributed by atoms with Crippen LogP contribution < -0.4 is 31.7 Å². The Labute approximate surface area is 474 Å². The van der Waals surface area contributed by atoms with Crippen molar-refractivity contribution in [1.29, 1.82) is 0 Å². The number of likely N-dealkylation sites (tertiary alicyclic amines) is 1. The molecule has 0 bridgehead atoms. The molecule has 2 atom stereocenters. The van der Waals surface area contributed by atoms with Gasteiger partial charge in [0.15, 0.2) is 30.2 Å². The van der Waals surface area contributed by atoms with E-state index in [1.807, 2.05) is 50.0 Å². The van der Waals surface area contributed by atoms with E-state index >= 15 is 0 Å². The van der Waals surface area contributed by atoms with Gasteiger partial charge in [0, 0.05) is 72.8 Å². The molecule has 34 heteroatoms. The normalized spacial score (nSPS) is 15.8. The summed E-state index contributed by atoms with van der Waals surface area (Å²) in [6.07, 6.45) is 12.1. The highest BCUT2D eigenvalue weighted by molar-refractivity contribution is 9.10. The number of nitrogens with zero attached hydrogens (tertiary/aromatic N) is 7. The molecule has 2 aromatic carbocycles. The maximum absolute atomic E-state index is 12.6. The van der Waals surface area contributed by atoms with Crippen LogP contribution in [0.1, 0.15) is 79.1 Å². The summed E-state index contributed by atoms with van der Waals surface area (Å²) in [5, 5.41) is 41.8. The number of thiazole rings is 2. The largest absolute Gasteiger partial charge is 0.491 e. The first-order chi connectivity index (χ1) is 36.7. The number of nitrogens with two attached hydrogens (primary N) is 2. The number of aromatic nitrogens is 6. The summed E-state index contributed by atoms with van der Waals surface area (Å²) in [6, 6.07) is 11.3. The molecule has 0 radical (unpaired) electrons. The Morgan fingerprint density at radius 3 is 1.71 bits per heavy atom. The van der Waals surface area contributed by atoms with Gasteiger partial charge in [0.2, 0.25) is 31.9 Å². The van der Waals surface area contributed by atoms with Gasteiger partial charge in [0.1, 0.15) is 15.6 Å². The van der Waals surface area contributed by atoms with Crippen molar-refractivity contribution in [1.82, 2.24) is 50.4 Å². The average Bonchev–Trinajstić information content (AvgIpc) is 4.17. The number of sulfonamides is 2. The van der Waals surface area contributed by atoms with Crippen LogP contribution in [-0.4, -0.2) is 172 Å². The summed E-state index contributed by atoms with van der Waals surface area (Å²) in [5.74, 6) is -2.65. The Bertz CT molecular complexity index is 3590. The molecule has 432 valence electrons. The number of primary sulfonamides is 2. The Morgan fingerprint density at radius 2 is 1.23 bits per heavy atom. The number of sulfone groups is 2. The van der Waals surface area contributed by atoms with E-state index in [-0.39, 0.29) is 35.2 Å². The number of carbonyl (C=O) groups is 3. The second-order valence-electron chi connectivity index (χ2n) is 19.7. The van der Waals surface area contributed by atoms with Gasteiger partial charge in [-0.15, -0.1) is 22.7 Å². The van der Waals surface area contributed by atoms with Crippen molar-refractivity contribution in [2.45, 2.75) is 74.6 Å². The minimum atomic E-state index is -3.87. The number of fused-ring (bicyclic) bond motifs is 2. The number of rotatable bonds is 16. The molecule has 4 aromatic heterocycles. The monoisotopic (exact) mass is 1280 g/mol. The maximum Gasteiger partial charge on any atom is 0.491 e. The van der Waals surface area contributed by atoms with Gasteiger partial charge in [-0.3, -0.25) is 19.0 Å². The first kappa shape index (κ1) is 63.2. The van der Waals surface area contributed by atoms with E-state index in [0.717, 1.165) is 99.0 Å². The summed E-state index contributed by atoms with van der Waals surface area (Å²) >= 11 is 5.52. The molecule has 6 heterocycles. The van der Waals surface area contributed by atoms with Gasteiger partial charge in [-0.25, -0.2) is 58.7 Å². The van der Waals surface area contributed by atoms with E-state index in [4.69, 9.17) is 25.1 Å². The van der Waals surface area contributed by atoms with Crippen molar-refractivity contribution in [3.63, 3.8) is 0 Å². The minimum absolute atomic E-state index is 0.119. The summed E-state index contributed by atoms with van der Waals surface area (Å²) < 4.78 is 104. The average molecular weight is 1280 g/mol. The third-order valence-electron chi connectivity index (χ3n) is 12.0. The van der Waals surface area contributed by atoms with Crippen LogP contribution in [0.25, 0.3) is 31.6 Å². The number of piperidine rings is 2. The Kier molecular flexibility index (Phi) is 21.0.